The van der Waals surface area contributed by atoms with Crippen LogP contribution in [-0.4, -0.2) is 23.7 Å². The van der Waals surface area contributed by atoms with E-state index in [1.807, 2.05) is 36.4 Å². The normalized spacial score (nSPS) is 14.7. The van der Waals surface area contributed by atoms with Gasteiger partial charge in [0.25, 0.3) is 0 Å². The largest absolute Gasteiger partial charge is 0.326 e. The molecule has 2 N–H and O–H groups in total. The summed E-state index contributed by atoms with van der Waals surface area (Å²) in [5.41, 5.74) is 10.7. The molecule has 0 fully saturated rings. The molecule has 2 heterocycles. The van der Waals surface area contributed by atoms with Crippen LogP contribution in [-0.2, 0) is 28.7 Å². The fourth-order valence-corrected chi connectivity index (χ4v) is 5.62. The Morgan fingerprint density at radius 2 is 1.92 bits per heavy atom. The summed E-state index contributed by atoms with van der Waals surface area (Å²) in [4.78, 5) is 0. The monoisotopic (exact) mass is 374 g/mol. The zero-order valence-electron chi connectivity index (χ0n) is 13.6. The third-order valence-corrected chi connectivity index (χ3v) is 6.84. The van der Waals surface area contributed by atoms with Crippen LogP contribution >= 0.6 is 11.7 Å². The first kappa shape index (κ1) is 16.4. The highest BCUT2D eigenvalue weighted by molar-refractivity contribution is 7.92. The summed E-state index contributed by atoms with van der Waals surface area (Å²) in [6, 6.07) is 11.2. The van der Waals surface area contributed by atoms with Gasteiger partial charge in [0.1, 0.15) is 11.0 Å². The summed E-state index contributed by atoms with van der Waals surface area (Å²) in [5.74, 6) is -0.0813. The summed E-state index contributed by atoms with van der Waals surface area (Å²) in [7, 11) is -3.51. The van der Waals surface area contributed by atoms with E-state index < -0.39 is 10.0 Å². The van der Waals surface area contributed by atoms with Gasteiger partial charge in [0, 0.05) is 13.1 Å². The molecule has 8 heteroatoms. The molecular formula is C17H18N4O2S2. The maximum Gasteiger partial charge on any atom is 0.239 e. The van der Waals surface area contributed by atoms with Gasteiger partial charge in [0.2, 0.25) is 10.0 Å². The van der Waals surface area contributed by atoms with Crippen LogP contribution < -0.4 is 10.0 Å². The van der Waals surface area contributed by atoms with Crippen LogP contribution in [0.4, 0.5) is 5.69 Å². The lowest BCUT2D eigenvalue weighted by Gasteiger charge is -2.31. The fourth-order valence-electron chi connectivity index (χ4n) is 3.40. The Morgan fingerprint density at radius 3 is 2.76 bits per heavy atom. The van der Waals surface area contributed by atoms with Gasteiger partial charge in [-0.05, 0) is 41.7 Å². The second-order valence-corrected chi connectivity index (χ2v) is 8.52. The predicted octanol–water partition coefficient (Wildman–Crippen LogP) is 2.43. The smallest absolute Gasteiger partial charge is 0.239 e. The van der Waals surface area contributed by atoms with Crippen molar-refractivity contribution in [2.24, 2.45) is 5.73 Å². The van der Waals surface area contributed by atoms with Crippen LogP contribution in [0.15, 0.2) is 36.4 Å². The molecule has 1 aromatic heterocycles. The molecule has 2 aromatic carbocycles. The summed E-state index contributed by atoms with van der Waals surface area (Å²) >= 11 is 1.10. The highest BCUT2D eigenvalue weighted by Gasteiger charge is 2.29. The minimum atomic E-state index is -3.51. The van der Waals surface area contributed by atoms with Crippen molar-refractivity contribution in [2.45, 2.75) is 25.1 Å². The molecule has 130 valence electrons. The molecule has 0 radical (unpaired) electrons. The van der Waals surface area contributed by atoms with E-state index in [1.165, 1.54) is 4.31 Å². The number of aromatic nitrogens is 2. The van der Waals surface area contributed by atoms with Gasteiger partial charge >= 0.3 is 0 Å². The van der Waals surface area contributed by atoms with Crippen molar-refractivity contribution in [1.29, 1.82) is 0 Å². The second kappa shape index (κ2) is 6.36. The molecule has 0 bridgehead atoms. The van der Waals surface area contributed by atoms with Crippen molar-refractivity contribution in [1.82, 2.24) is 8.75 Å². The van der Waals surface area contributed by atoms with Gasteiger partial charge in [-0.25, -0.2) is 8.42 Å². The Bertz CT molecular complexity index is 1030. The lowest BCUT2D eigenvalue weighted by atomic mass is 9.98. The van der Waals surface area contributed by atoms with E-state index in [9.17, 15) is 8.42 Å². The quantitative estimate of drug-likeness (QED) is 0.758. The van der Waals surface area contributed by atoms with E-state index in [1.54, 1.807) is 0 Å². The Kier molecular flexibility index (Phi) is 4.18. The minimum absolute atomic E-state index is 0.0813. The summed E-state index contributed by atoms with van der Waals surface area (Å²) in [5, 5.41) is 0. The average Bonchev–Trinajstić information content (AvgIpc) is 3.10. The van der Waals surface area contributed by atoms with Crippen molar-refractivity contribution < 1.29 is 8.42 Å². The lowest BCUT2D eigenvalue weighted by Crippen LogP contribution is -2.36. The molecule has 6 nitrogen and oxygen atoms in total. The Morgan fingerprint density at radius 1 is 1.12 bits per heavy atom. The second-order valence-electron chi connectivity index (χ2n) is 6.10. The molecule has 4 rings (SSSR count). The molecule has 1 aliphatic rings. The van der Waals surface area contributed by atoms with Gasteiger partial charge < -0.3 is 5.73 Å². The first-order valence-electron chi connectivity index (χ1n) is 8.11. The van der Waals surface area contributed by atoms with Crippen LogP contribution in [0.2, 0.25) is 0 Å². The number of benzene rings is 2. The number of rotatable bonds is 4. The van der Waals surface area contributed by atoms with Crippen molar-refractivity contribution in [3.63, 3.8) is 0 Å². The molecule has 1 aliphatic heterocycles. The number of anilines is 1. The highest BCUT2D eigenvalue weighted by atomic mass is 32.2. The van der Waals surface area contributed by atoms with Gasteiger partial charge in [0.15, 0.2) is 0 Å². The maximum absolute atomic E-state index is 13.1. The average molecular weight is 374 g/mol. The zero-order valence-corrected chi connectivity index (χ0v) is 15.2. The number of hydrogen-bond acceptors (Lipinski definition) is 6. The van der Waals surface area contributed by atoms with E-state index >= 15 is 0 Å². The van der Waals surface area contributed by atoms with Crippen LogP contribution in [0.1, 0.15) is 23.1 Å². The van der Waals surface area contributed by atoms with E-state index in [0.29, 0.717) is 24.2 Å². The number of nitrogens with two attached hydrogens (primary N) is 1. The molecule has 0 spiro atoms. The maximum atomic E-state index is 13.1. The van der Waals surface area contributed by atoms with Gasteiger partial charge in [-0.2, -0.15) is 8.75 Å². The number of hydrogen-bond donors (Lipinski definition) is 1. The molecular weight excluding hydrogens is 356 g/mol. The molecule has 0 atom stereocenters. The van der Waals surface area contributed by atoms with Crippen LogP contribution in [0.5, 0.6) is 0 Å². The Labute approximate surface area is 150 Å². The van der Waals surface area contributed by atoms with E-state index in [-0.39, 0.29) is 5.75 Å². The van der Waals surface area contributed by atoms with Crippen molar-refractivity contribution in [3.05, 3.63) is 53.1 Å². The molecule has 25 heavy (non-hydrogen) atoms. The zero-order chi connectivity index (χ0) is 17.4. The van der Waals surface area contributed by atoms with Crippen LogP contribution in [0.3, 0.4) is 0 Å². The van der Waals surface area contributed by atoms with E-state index in [0.717, 1.165) is 46.9 Å². The third-order valence-electron chi connectivity index (χ3n) is 4.57. The topological polar surface area (TPSA) is 89.2 Å². The van der Waals surface area contributed by atoms with E-state index in [4.69, 9.17) is 5.73 Å². The number of fused-ring (bicyclic) bond motifs is 2. The van der Waals surface area contributed by atoms with Gasteiger partial charge in [0.05, 0.1) is 23.2 Å². The Hall–Kier alpha value is -2.03. The molecule has 0 amide bonds. The van der Waals surface area contributed by atoms with Crippen LogP contribution in [0.25, 0.3) is 11.0 Å². The summed E-state index contributed by atoms with van der Waals surface area (Å²) < 4.78 is 36.2. The van der Waals surface area contributed by atoms with Gasteiger partial charge in [-0.15, -0.1) is 0 Å². The minimum Gasteiger partial charge on any atom is -0.326 e. The SMILES string of the molecule is NCc1cccc2c1CCCN2S(=O)(=O)Cc1cccc2nsnc12. The van der Waals surface area contributed by atoms with Gasteiger partial charge in [-0.3, -0.25) is 4.31 Å². The Balaban J connectivity index is 1.74. The molecule has 0 saturated heterocycles. The number of nitrogens with zero attached hydrogens (tertiary/aromatic N) is 3. The summed E-state index contributed by atoms with van der Waals surface area (Å²) in [6.07, 6.45) is 1.66. The standard InChI is InChI=1S/C17H18N4O2S2/c18-10-12-4-2-8-16-14(12)6-3-9-21(16)25(22,23)11-13-5-1-7-15-17(13)20-24-19-15/h1-2,4-5,7-8H,3,6,9-11,18H2. The molecule has 0 aliphatic carbocycles. The van der Waals surface area contributed by atoms with Crippen LogP contribution in [0, 0.1) is 0 Å². The van der Waals surface area contributed by atoms with Gasteiger partial charge in [-0.1, -0.05) is 24.3 Å². The predicted molar refractivity (Wildman–Crippen MR) is 100 cm³/mol. The van der Waals surface area contributed by atoms with Crippen molar-refractivity contribution in [3.8, 4) is 0 Å². The lowest BCUT2D eigenvalue weighted by molar-refractivity contribution is 0.585. The fraction of sp³-hybridized carbons (Fsp3) is 0.294. The third kappa shape index (κ3) is 2.90. The summed E-state index contributed by atoms with van der Waals surface area (Å²) in [6.45, 7) is 0.912. The van der Waals surface area contributed by atoms with Crippen molar-refractivity contribution in [2.75, 3.05) is 10.8 Å². The number of sulfonamides is 1. The molecule has 3 aromatic rings. The molecule has 0 saturated carbocycles. The highest BCUT2D eigenvalue weighted by Crippen LogP contribution is 2.33. The van der Waals surface area contributed by atoms with Crippen molar-refractivity contribution >= 4 is 38.5 Å². The first-order valence-corrected chi connectivity index (χ1v) is 10.5. The van der Waals surface area contributed by atoms with E-state index in [2.05, 4.69) is 8.75 Å². The first-order chi connectivity index (χ1) is 12.1. The molecule has 0 unspecified atom stereocenters.